The number of aromatic nitrogens is 1. The van der Waals surface area contributed by atoms with Gasteiger partial charge in [-0.3, -0.25) is 4.79 Å². The van der Waals surface area contributed by atoms with Gasteiger partial charge in [-0.15, -0.1) is 0 Å². The van der Waals surface area contributed by atoms with Crippen LogP contribution in [-0.4, -0.2) is 24.0 Å². The molecule has 1 aliphatic carbocycles. The van der Waals surface area contributed by atoms with Crippen LogP contribution in [0.3, 0.4) is 0 Å². The van der Waals surface area contributed by atoms with Gasteiger partial charge in [0.25, 0.3) is 0 Å². The number of nitrogens with one attached hydrogen (secondary N) is 1. The summed E-state index contributed by atoms with van der Waals surface area (Å²) < 4.78 is 0. The topological polar surface area (TPSA) is 45.2 Å². The lowest BCUT2D eigenvalue weighted by atomic mass is 9.85. The molecule has 20 heavy (non-hydrogen) atoms. The van der Waals surface area contributed by atoms with E-state index in [1.54, 1.807) is 0 Å². The van der Waals surface area contributed by atoms with Gasteiger partial charge < -0.3 is 10.2 Å². The summed E-state index contributed by atoms with van der Waals surface area (Å²) in [5.41, 5.74) is 1.17. The molecule has 1 aromatic heterocycles. The Morgan fingerprint density at radius 1 is 1.25 bits per heavy atom. The van der Waals surface area contributed by atoms with Crippen LogP contribution in [-0.2, 0) is 4.79 Å². The zero-order valence-electron chi connectivity index (χ0n) is 12.1. The van der Waals surface area contributed by atoms with Crippen molar-refractivity contribution in [2.24, 2.45) is 11.8 Å². The molecule has 1 aromatic rings. The maximum absolute atomic E-state index is 11.9. The first-order valence-electron chi connectivity index (χ1n) is 7.74. The Morgan fingerprint density at radius 3 is 2.55 bits per heavy atom. The summed E-state index contributed by atoms with van der Waals surface area (Å²) in [6.45, 7) is 4.53. The molecule has 1 amide bonds. The van der Waals surface area contributed by atoms with Crippen LogP contribution in [0.1, 0.15) is 39.0 Å². The van der Waals surface area contributed by atoms with E-state index in [1.807, 2.05) is 12.3 Å². The zero-order chi connectivity index (χ0) is 13.9. The number of pyridine rings is 1. The summed E-state index contributed by atoms with van der Waals surface area (Å²) in [6, 6.07) is 3.99. The monoisotopic (exact) mass is 273 g/mol. The molecule has 2 heterocycles. The molecule has 1 saturated carbocycles. The number of anilines is 2. The normalized spacial score (nSPS) is 20.6. The van der Waals surface area contributed by atoms with Gasteiger partial charge >= 0.3 is 0 Å². The number of amides is 1. The fourth-order valence-electron chi connectivity index (χ4n) is 2.81. The average molecular weight is 273 g/mol. The Balaban J connectivity index is 1.58. The number of hydrogen-bond acceptors (Lipinski definition) is 3. The first-order valence-corrected chi connectivity index (χ1v) is 7.74. The lowest BCUT2D eigenvalue weighted by Crippen LogP contribution is -2.32. The van der Waals surface area contributed by atoms with E-state index >= 15 is 0 Å². The second-order valence-corrected chi connectivity index (χ2v) is 6.19. The smallest absolute Gasteiger partial charge is 0.228 e. The van der Waals surface area contributed by atoms with Crippen molar-refractivity contribution in [2.45, 2.75) is 39.0 Å². The van der Waals surface area contributed by atoms with Crippen LogP contribution >= 0.6 is 0 Å². The number of piperidine rings is 1. The van der Waals surface area contributed by atoms with Crippen molar-refractivity contribution in [1.82, 2.24) is 4.98 Å². The Kier molecular flexibility index (Phi) is 3.90. The molecule has 0 atom stereocenters. The van der Waals surface area contributed by atoms with E-state index in [0.29, 0.717) is 5.82 Å². The highest BCUT2D eigenvalue weighted by atomic mass is 16.2. The Labute approximate surface area is 120 Å². The predicted molar refractivity (Wildman–Crippen MR) is 80.8 cm³/mol. The van der Waals surface area contributed by atoms with Crippen LogP contribution in [0.15, 0.2) is 18.3 Å². The molecule has 2 aliphatic rings. The summed E-state index contributed by atoms with van der Waals surface area (Å²) in [4.78, 5) is 18.6. The van der Waals surface area contributed by atoms with Crippen LogP contribution in [0, 0.1) is 11.8 Å². The minimum absolute atomic E-state index is 0.128. The SMILES string of the molecule is CC1CCN(c2ccc(NC(=O)C3CCC3)nc2)CC1. The second-order valence-electron chi connectivity index (χ2n) is 6.19. The van der Waals surface area contributed by atoms with Crippen molar-refractivity contribution in [2.75, 3.05) is 23.3 Å². The van der Waals surface area contributed by atoms with Gasteiger partial charge in [0.05, 0.1) is 11.9 Å². The zero-order valence-corrected chi connectivity index (χ0v) is 12.1. The van der Waals surface area contributed by atoms with E-state index in [2.05, 4.69) is 28.2 Å². The van der Waals surface area contributed by atoms with Gasteiger partial charge in [0.15, 0.2) is 0 Å². The molecular weight excluding hydrogens is 250 g/mol. The van der Waals surface area contributed by atoms with Gasteiger partial charge in [0.1, 0.15) is 5.82 Å². The third-order valence-corrected chi connectivity index (χ3v) is 4.62. The van der Waals surface area contributed by atoms with Gasteiger partial charge in [-0.1, -0.05) is 13.3 Å². The van der Waals surface area contributed by atoms with Crippen LogP contribution in [0.5, 0.6) is 0 Å². The Hall–Kier alpha value is -1.58. The lowest BCUT2D eigenvalue weighted by Gasteiger charge is -2.32. The third kappa shape index (κ3) is 2.94. The molecule has 0 spiro atoms. The minimum Gasteiger partial charge on any atom is -0.370 e. The minimum atomic E-state index is 0.128. The van der Waals surface area contributed by atoms with Gasteiger partial charge in [-0.25, -0.2) is 4.98 Å². The quantitative estimate of drug-likeness (QED) is 0.920. The first kappa shape index (κ1) is 13.4. The molecule has 1 saturated heterocycles. The van der Waals surface area contributed by atoms with Gasteiger partial charge in [0, 0.05) is 19.0 Å². The summed E-state index contributed by atoms with van der Waals surface area (Å²) >= 11 is 0. The summed E-state index contributed by atoms with van der Waals surface area (Å²) in [5, 5.41) is 2.91. The number of carbonyl (C=O) groups excluding carboxylic acids is 1. The van der Waals surface area contributed by atoms with E-state index < -0.39 is 0 Å². The number of hydrogen-bond donors (Lipinski definition) is 1. The fraction of sp³-hybridized carbons (Fsp3) is 0.625. The summed E-state index contributed by atoms with van der Waals surface area (Å²) in [7, 11) is 0. The van der Waals surface area contributed by atoms with Gasteiger partial charge in [0.2, 0.25) is 5.91 Å². The van der Waals surface area contributed by atoms with E-state index in [4.69, 9.17) is 0 Å². The molecule has 3 rings (SSSR count). The summed E-state index contributed by atoms with van der Waals surface area (Å²) in [6.07, 6.45) is 7.61. The highest BCUT2D eigenvalue weighted by molar-refractivity contribution is 5.92. The van der Waals surface area contributed by atoms with Crippen LogP contribution in [0.2, 0.25) is 0 Å². The molecule has 0 bridgehead atoms. The maximum atomic E-state index is 11.9. The van der Waals surface area contributed by atoms with Crippen molar-refractivity contribution < 1.29 is 4.79 Å². The molecule has 4 heteroatoms. The van der Waals surface area contributed by atoms with Crippen molar-refractivity contribution in [1.29, 1.82) is 0 Å². The first-order chi connectivity index (χ1) is 9.72. The Morgan fingerprint density at radius 2 is 2.00 bits per heavy atom. The molecule has 108 valence electrons. The van der Waals surface area contributed by atoms with Crippen LogP contribution in [0.4, 0.5) is 11.5 Å². The molecule has 4 nitrogen and oxygen atoms in total. The fourth-order valence-corrected chi connectivity index (χ4v) is 2.81. The van der Waals surface area contributed by atoms with Crippen molar-refractivity contribution >= 4 is 17.4 Å². The van der Waals surface area contributed by atoms with Crippen molar-refractivity contribution in [3.63, 3.8) is 0 Å². The molecule has 0 unspecified atom stereocenters. The maximum Gasteiger partial charge on any atom is 0.228 e. The Bertz CT molecular complexity index is 459. The largest absolute Gasteiger partial charge is 0.370 e. The number of rotatable bonds is 3. The van der Waals surface area contributed by atoms with Crippen molar-refractivity contribution in [3.05, 3.63) is 18.3 Å². The van der Waals surface area contributed by atoms with E-state index in [1.165, 1.54) is 24.9 Å². The molecule has 0 radical (unpaired) electrons. The van der Waals surface area contributed by atoms with Crippen LogP contribution in [0.25, 0.3) is 0 Å². The van der Waals surface area contributed by atoms with Gasteiger partial charge in [-0.05, 0) is 43.7 Å². The lowest BCUT2D eigenvalue weighted by molar-refractivity contribution is -0.122. The average Bonchev–Trinajstić information content (AvgIpc) is 2.38. The highest BCUT2D eigenvalue weighted by Crippen LogP contribution is 2.28. The summed E-state index contributed by atoms with van der Waals surface area (Å²) in [5.74, 6) is 1.85. The second kappa shape index (κ2) is 5.81. The van der Waals surface area contributed by atoms with E-state index in [0.717, 1.165) is 31.8 Å². The molecule has 2 fully saturated rings. The molecule has 1 aliphatic heterocycles. The third-order valence-electron chi connectivity index (χ3n) is 4.62. The highest BCUT2D eigenvalue weighted by Gasteiger charge is 2.25. The van der Waals surface area contributed by atoms with Crippen LogP contribution < -0.4 is 10.2 Å². The number of carbonyl (C=O) groups is 1. The van der Waals surface area contributed by atoms with E-state index in [-0.39, 0.29) is 11.8 Å². The molecule has 1 N–H and O–H groups in total. The van der Waals surface area contributed by atoms with Gasteiger partial charge in [-0.2, -0.15) is 0 Å². The molecule has 0 aromatic carbocycles. The van der Waals surface area contributed by atoms with Crippen molar-refractivity contribution in [3.8, 4) is 0 Å². The van der Waals surface area contributed by atoms with E-state index in [9.17, 15) is 4.79 Å². The standard InChI is InChI=1S/C16H23N3O/c1-12-7-9-19(10-8-12)14-5-6-15(17-11-14)18-16(20)13-3-2-4-13/h5-6,11-13H,2-4,7-10H2,1H3,(H,17,18,20). The number of nitrogens with zero attached hydrogens (tertiary/aromatic N) is 2. The predicted octanol–water partition coefficient (Wildman–Crippen LogP) is 3.06. The molecular formula is C16H23N3O.